The molecule has 178 valence electrons. The zero-order valence-corrected chi connectivity index (χ0v) is 18.3. The Bertz CT molecular complexity index is 1340. The summed E-state index contributed by atoms with van der Waals surface area (Å²) in [6, 6.07) is 16.4. The lowest BCUT2D eigenvalue weighted by Gasteiger charge is -2.16. The predicted molar refractivity (Wildman–Crippen MR) is 121 cm³/mol. The molecule has 35 heavy (non-hydrogen) atoms. The number of anilines is 2. The molecule has 0 unspecified atom stereocenters. The van der Waals surface area contributed by atoms with Crippen molar-refractivity contribution >= 4 is 35.1 Å². The van der Waals surface area contributed by atoms with E-state index >= 15 is 0 Å². The highest BCUT2D eigenvalue weighted by atomic mass is 19.3. The first-order valence-electron chi connectivity index (χ1n) is 10.4. The largest absolute Gasteiger partial charge is 0.452 e. The van der Waals surface area contributed by atoms with Crippen LogP contribution in [-0.2, 0) is 9.53 Å². The average Bonchev–Trinajstić information content (AvgIpc) is 3.08. The van der Waals surface area contributed by atoms with E-state index in [2.05, 4.69) is 10.1 Å². The Kier molecular flexibility index (Phi) is 6.54. The first kappa shape index (κ1) is 23.6. The Balaban J connectivity index is 1.44. The number of fused-ring (bicyclic) bond motifs is 1. The lowest BCUT2D eigenvalue weighted by atomic mass is 10.1. The summed E-state index contributed by atoms with van der Waals surface area (Å²) in [6.07, 6.45) is 0. The van der Waals surface area contributed by atoms with Crippen LogP contribution < -0.4 is 15.0 Å². The van der Waals surface area contributed by atoms with Gasteiger partial charge in [-0.25, -0.2) is 9.69 Å². The molecule has 0 atom stereocenters. The molecule has 1 N–H and O–H groups in total. The fourth-order valence-electron chi connectivity index (χ4n) is 3.57. The molecule has 0 spiro atoms. The van der Waals surface area contributed by atoms with E-state index in [0.717, 1.165) is 10.5 Å². The number of esters is 1. The minimum absolute atomic E-state index is 0.0215. The third-order valence-corrected chi connectivity index (χ3v) is 5.19. The average molecular weight is 480 g/mol. The summed E-state index contributed by atoms with van der Waals surface area (Å²) in [5.41, 5.74) is 1.29. The number of hydrogen-bond donors (Lipinski definition) is 1. The van der Waals surface area contributed by atoms with Crippen LogP contribution in [0.25, 0.3) is 0 Å². The highest BCUT2D eigenvalue weighted by Gasteiger charge is 2.37. The van der Waals surface area contributed by atoms with Gasteiger partial charge in [0, 0.05) is 0 Å². The number of halogens is 2. The van der Waals surface area contributed by atoms with Crippen molar-refractivity contribution in [2.24, 2.45) is 0 Å². The van der Waals surface area contributed by atoms with Crippen molar-refractivity contribution in [2.75, 3.05) is 16.8 Å². The fourth-order valence-corrected chi connectivity index (χ4v) is 3.57. The van der Waals surface area contributed by atoms with Crippen LogP contribution in [-0.4, -0.2) is 36.9 Å². The van der Waals surface area contributed by atoms with E-state index in [1.165, 1.54) is 42.5 Å². The number of nitrogens with zero attached hydrogens (tertiary/aromatic N) is 1. The molecule has 0 saturated carbocycles. The molecular formula is C25H18F2N2O6. The SMILES string of the molecule is Cc1ccccc1N1C(=O)c2ccc(C(=O)OCC(=O)Nc3ccccc3OC(F)F)cc2C1=O. The van der Waals surface area contributed by atoms with Gasteiger partial charge in [0.05, 0.1) is 28.1 Å². The second kappa shape index (κ2) is 9.72. The molecule has 1 aliphatic heterocycles. The van der Waals surface area contributed by atoms with Gasteiger partial charge in [-0.1, -0.05) is 30.3 Å². The van der Waals surface area contributed by atoms with Crippen LogP contribution >= 0.6 is 0 Å². The van der Waals surface area contributed by atoms with Gasteiger partial charge in [-0.2, -0.15) is 8.78 Å². The number of aryl methyl sites for hydroxylation is 1. The highest BCUT2D eigenvalue weighted by molar-refractivity contribution is 6.35. The van der Waals surface area contributed by atoms with Crippen molar-refractivity contribution in [1.82, 2.24) is 0 Å². The molecule has 3 aromatic carbocycles. The standard InChI is InChI=1S/C25H18F2N2O6/c1-14-6-2-4-8-19(14)29-22(31)16-11-10-15(12-17(16)23(29)32)24(33)34-13-21(30)28-18-7-3-5-9-20(18)35-25(26)27/h2-12,25H,13H2,1H3,(H,28,30). The van der Waals surface area contributed by atoms with E-state index in [-0.39, 0.29) is 28.1 Å². The molecule has 10 heteroatoms. The Labute approximate surface area is 198 Å². The third-order valence-electron chi connectivity index (χ3n) is 5.19. The van der Waals surface area contributed by atoms with Crippen LogP contribution in [0.5, 0.6) is 5.75 Å². The number of para-hydroxylation sites is 3. The maximum Gasteiger partial charge on any atom is 0.387 e. The maximum absolute atomic E-state index is 12.9. The number of carbonyl (C=O) groups is 4. The molecule has 1 aliphatic rings. The highest BCUT2D eigenvalue weighted by Crippen LogP contribution is 2.31. The second-order valence-electron chi connectivity index (χ2n) is 7.49. The number of hydrogen-bond acceptors (Lipinski definition) is 6. The van der Waals surface area contributed by atoms with Crippen LogP contribution in [0.4, 0.5) is 20.2 Å². The molecule has 0 fully saturated rings. The molecule has 3 aromatic rings. The van der Waals surface area contributed by atoms with Crippen molar-refractivity contribution in [2.45, 2.75) is 13.5 Å². The van der Waals surface area contributed by atoms with Crippen LogP contribution in [0, 0.1) is 6.92 Å². The van der Waals surface area contributed by atoms with E-state index in [9.17, 15) is 28.0 Å². The number of alkyl halides is 2. The summed E-state index contributed by atoms with van der Waals surface area (Å²) in [4.78, 5) is 51.4. The number of carbonyl (C=O) groups excluding carboxylic acids is 4. The first-order valence-corrected chi connectivity index (χ1v) is 10.4. The van der Waals surface area contributed by atoms with E-state index < -0.39 is 36.9 Å². The molecule has 0 bridgehead atoms. The quantitative estimate of drug-likeness (QED) is 0.402. The third kappa shape index (κ3) is 4.86. The molecule has 0 aliphatic carbocycles. The second-order valence-corrected chi connectivity index (χ2v) is 7.49. The molecule has 3 amide bonds. The topological polar surface area (TPSA) is 102 Å². The van der Waals surface area contributed by atoms with Crippen LogP contribution in [0.1, 0.15) is 36.6 Å². The van der Waals surface area contributed by atoms with Gasteiger partial charge in [-0.3, -0.25) is 14.4 Å². The summed E-state index contributed by atoms with van der Waals surface area (Å²) in [7, 11) is 0. The van der Waals surface area contributed by atoms with E-state index in [0.29, 0.717) is 5.69 Å². The first-order chi connectivity index (χ1) is 16.8. The van der Waals surface area contributed by atoms with Crippen LogP contribution in [0.3, 0.4) is 0 Å². The van der Waals surface area contributed by atoms with E-state index in [1.54, 1.807) is 31.2 Å². The molecule has 4 rings (SSSR count). The van der Waals surface area contributed by atoms with Crippen molar-refractivity contribution in [1.29, 1.82) is 0 Å². The lowest BCUT2D eigenvalue weighted by molar-refractivity contribution is -0.119. The smallest absolute Gasteiger partial charge is 0.387 e. The predicted octanol–water partition coefficient (Wildman–Crippen LogP) is 4.19. The van der Waals surface area contributed by atoms with Gasteiger partial charge in [-0.05, 0) is 48.9 Å². The minimum Gasteiger partial charge on any atom is -0.452 e. The number of nitrogens with one attached hydrogen (secondary N) is 1. The zero-order valence-electron chi connectivity index (χ0n) is 18.3. The molecule has 0 radical (unpaired) electrons. The van der Waals surface area contributed by atoms with Crippen molar-refractivity contribution in [3.05, 3.63) is 89.0 Å². The van der Waals surface area contributed by atoms with Gasteiger partial charge in [0.1, 0.15) is 5.75 Å². The Morgan fingerprint density at radius 3 is 2.37 bits per heavy atom. The fraction of sp³-hybridized carbons (Fsp3) is 0.120. The number of ether oxygens (including phenoxy) is 2. The van der Waals surface area contributed by atoms with Gasteiger partial charge in [-0.15, -0.1) is 0 Å². The summed E-state index contributed by atoms with van der Waals surface area (Å²) >= 11 is 0. The van der Waals surface area contributed by atoms with Gasteiger partial charge < -0.3 is 14.8 Å². The summed E-state index contributed by atoms with van der Waals surface area (Å²) in [5.74, 6) is -3.04. The number of amides is 3. The summed E-state index contributed by atoms with van der Waals surface area (Å²) in [6.45, 7) is -2.03. The van der Waals surface area contributed by atoms with Crippen molar-refractivity contribution in [3.63, 3.8) is 0 Å². The summed E-state index contributed by atoms with van der Waals surface area (Å²) < 4.78 is 34.3. The van der Waals surface area contributed by atoms with Gasteiger partial charge in [0.2, 0.25) is 0 Å². The molecule has 1 heterocycles. The molecular weight excluding hydrogens is 462 g/mol. The van der Waals surface area contributed by atoms with E-state index in [4.69, 9.17) is 4.74 Å². The van der Waals surface area contributed by atoms with E-state index in [1.807, 2.05) is 0 Å². The Morgan fingerprint density at radius 2 is 1.63 bits per heavy atom. The minimum atomic E-state index is -3.08. The Morgan fingerprint density at radius 1 is 0.943 bits per heavy atom. The van der Waals surface area contributed by atoms with Gasteiger partial charge in [0.15, 0.2) is 6.61 Å². The van der Waals surface area contributed by atoms with Gasteiger partial charge in [0.25, 0.3) is 17.7 Å². The number of rotatable bonds is 7. The van der Waals surface area contributed by atoms with Crippen molar-refractivity contribution < 1.29 is 37.4 Å². The number of benzene rings is 3. The lowest BCUT2D eigenvalue weighted by Crippen LogP contribution is -2.29. The molecule has 0 aromatic heterocycles. The Hall–Kier alpha value is -4.60. The van der Waals surface area contributed by atoms with Crippen LogP contribution in [0.2, 0.25) is 0 Å². The number of imide groups is 1. The maximum atomic E-state index is 12.9. The molecule has 8 nitrogen and oxygen atoms in total. The van der Waals surface area contributed by atoms with Crippen molar-refractivity contribution in [3.8, 4) is 5.75 Å². The zero-order chi connectivity index (χ0) is 25.1. The normalized spacial score (nSPS) is 12.5. The molecule has 0 saturated heterocycles. The van der Waals surface area contributed by atoms with Gasteiger partial charge >= 0.3 is 12.6 Å². The van der Waals surface area contributed by atoms with Crippen LogP contribution in [0.15, 0.2) is 66.7 Å². The summed E-state index contributed by atoms with van der Waals surface area (Å²) in [5, 5.41) is 2.33. The monoisotopic (exact) mass is 480 g/mol.